The van der Waals surface area contributed by atoms with Gasteiger partial charge < -0.3 is 15.0 Å². The van der Waals surface area contributed by atoms with Crippen LogP contribution in [0.1, 0.15) is 38.3 Å². The molecule has 4 aromatic rings. The minimum absolute atomic E-state index is 0.0943. The summed E-state index contributed by atoms with van der Waals surface area (Å²) in [6, 6.07) is 24.1. The number of nitrogens with one attached hydrogen (secondary N) is 1. The van der Waals surface area contributed by atoms with Crippen molar-refractivity contribution < 1.29 is 31.5 Å². The van der Waals surface area contributed by atoms with E-state index in [1.807, 2.05) is 51.1 Å². The van der Waals surface area contributed by atoms with Crippen molar-refractivity contribution in [3.63, 3.8) is 0 Å². The molecule has 0 fully saturated rings. The summed E-state index contributed by atoms with van der Waals surface area (Å²) in [6.07, 6.45) is 0.726. The Balaban J connectivity index is 1.81. The number of sulfonamides is 1. The standard InChI is InChI=1S/C36H39F2N3O5S/c1-4-26(3)39-36(43)34(23-27-11-7-6-8-12-27)40(24-28-13-9-10-14-33(28)38)35(42)25-41(30-17-19-31(20-18-30)46-5-2)47(44,45)32-21-15-29(37)16-22-32/h6-22,26,34H,4-5,23-25H2,1-3H3,(H,39,43)/t26-,34+/m0/s1. The monoisotopic (exact) mass is 663 g/mol. The highest BCUT2D eigenvalue weighted by Crippen LogP contribution is 2.27. The normalized spacial score (nSPS) is 12.5. The second-order valence-electron chi connectivity index (χ2n) is 11.0. The Labute approximate surface area is 275 Å². The molecule has 0 aliphatic carbocycles. The van der Waals surface area contributed by atoms with E-state index in [0.717, 1.165) is 34.1 Å². The molecule has 1 N–H and O–H groups in total. The number of anilines is 1. The van der Waals surface area contributed by atoms with Crippen LogP contribution in [0, 0.1) is 11.6 Å². The van der Waals surface area contributed by atoms with Gasteiger partial charge in [-0.05, 0) is 80.4 Å². The zero-order chi connectivity index (χ0) is 34.0. The topological polar surface area (TPSA) is 96.0 Å². The highest BCUT2D eigenvalue weighted by atomic mass is 32.2. The smallest absolute Gasteiger partial charge is 0.264 e. The Bertz CT molecular complexity index is 1740. The van der Waals surface area contributed by atoms with Crippen LogP contribution in [0.4, 0.5) is 14.5 Å². The molecule has 0 radical (unpaired) electrons. The summed E-state index contributed by atoms with van der Waals surface area (Å²) in [5.41, 5.74) is 1.05. The largest absolute Gasteiger partial charge is 0.494 e. The molecule has 4 aromatic carbocycles. The van der Waals surface area contributed by atoms with E-state index < -0.39 is 46.1 Å². The zero-order valence-electron chi connectivity index (χ0n) is 26.6. The number of carbonyl (C=O) groups excluding carboxylic acids is 2. The van der Waals surface area contributed by atoms with E-state index in [-0.39, 0.29) is 35.2 Å². The molecule has 248 valence electrons. The first-order valence-electron chi connectivity index (χ1n) is 15.4. The van der Waals surface area contributed by atoms with Crippen molar-refractivity contribution in [3.05, 3.63) is 126 Å². The number of hydrogen-bond acceptors (Lipinski definition) is 5. The molecule has 0 saturated heterocycles. The van der Waals surface area contributed by atoms with Crippen LogP contribution in [-0.2, 0) is 32.6 Å². The number of carbonyl (C=O) groups is 2. The van der Waals surface area contributed by atoms with Gasteiger partial charge in [0.2, 0.25) is 11.8 Å². The Morgan fingerprint density at radius 3 is 2.11 bits per heavy atom. The number of halogens is 2. The highest BCUT2D eigenvalue weighted by molar-refractivity contribution is 7.92. The number of amides is 2. The van der Waals surface area contributed by atoms with E-state index in [1.54, 1.807) is 18.2 Å². The summed E-state index contributed by atoms with van der Waals surface area (Å²) >= 11 is 0. The van der Waals surface area contributed by atoms with Gasteiger partial charge in [0, 0.05) is 24.6 Å². The van der Waals surface area contributed by atoms with Crippen LogP contribution >= 0.6 is 0 Å². The van der Waals surface area contributed by atoms with E-state index in [9.17, 15) is 22.4 Å². The molecule has 0 aliphatic heterocycles. The third kappa shape index (κ3) is 9.16. The lowest BCUT2D eigenvalue weighted by Gasteiger charge is -2.34. The molecule has 2 atom stereocenters. The number of benzene rings is 4. The Morgan fingerprint density at radius 2 is 1.49 bits per heavy atom. The first kappa shape index (κ1) is 35.1. The first-order chi connectivity index (χ1) is 22.5. The average Bonchev–Trinajstić information content (AvgIpc) is 3.07. The molecular formula is C36H39F2N3O5S. The van der Waals surface area contributed by atoms with Crippen molar-refractivity contribution in [3.8, 4) is 5.75 Å². The van der Waals surface area contributed by atoms with Gasteiger partial charge in [0.1, 0.15) is 30.0 Å². The van der Waals surface area contributed by atoms with Crippen LogP contribution < -0.4 is 14.4 Å². The fourth-order valence-corrected chi connectivity index (χ4v) is 6.36. The van der Waals surface area contributed by atoms with E-state index in [0.29, 0.717) is 18.8 Å². The van der Waals surface area contributed by atoms with E-state index >= 15 is 4.39 Å². The summed E-state index contributed by atoms with van der Waals surface area (Å²) in [4.78, 5) is 29.3. The maximum Gasteiger partial charge on any atom is 0.264 e. The quantitative estimate of drug-likeness (QED) is 0.166. The highest BCUT2D eigenvalue weighted by Gasteiger charge is 2.35. The fraction of sp³-hybridized carbons (Fsp3) is 0.278. The van der Waals surface area contributed by atoms with Gasteiger partial charge in [-0.3, -0.25) is 13.9 Å². The lowest BCUT2D eigenvalue weighted by molar-refractivity contribution is -0.140. The first-order valence-corrected chi connectivity index (χ1v) is 16.9. The van der Waals surface area contributed by atoms with E-state index in [4.69, 9.17) is 4.74 Å². The lowest BCUT2D eigenvalue weighted by Crippen LogP contribution is -2.54. The number of nitrogens with zero attached hydrogens (tertiary/aromatic N) is 2. The van der Waals surface area contributed by atoms with Crippen molar-refractivity contribution in [1.29, 1.82) is 0 Å². The van der Waals surface area contributed by atoms with Gasteiger partial charge in [-0.25, -0.2) is 17.2 Å². The third-order valence-electron chi connectivity index (χ3n) is 7.69. The molecule has 0 heterocycles. The number of rotatable bonds is 15. The van der Waals surface area contributed by atoms with Gasteiger partial charge in [-0.2, -0.15) is 0 Å². The molecule has 0 aliphatic rings. The minimum atomic E-state index is -4.43. The number of hydrogen-bond donors (Lipinski definition) is 1. The summed E-state index contributed by atoms with van der Waals surface area (Å²) in [5.74, 6) is -1.91. The summed E-state index contributed by atoms with van der Waals surface area (Å²) < 4.78 is 63.4. The molecular weight excluding hydrogens is 624 g/mol. The molecule has 8 nitrogen and oxygen atoms in total. The van der Waals surface area contributed by atoms with Gasteiger partial charge >= 0.3 is 0 Å². The van der Waals surface area contributed by atoms with Crippen LogP contribution in [0.25, 0.3) is 0 Å². The Kier molecular flexibility index (Phi) is 12.1. The lowest BCUT2D eigenvalue weighted by atomic mass is 10.0. The van der Waals surface area contributed by atoms with Crippen LogP contribution in [0.2, 0.25) is 0 Å². The molecule has 0 saturated carbocycles. The summed E-state index contributed by atoms with van der Waals surface area (Å²) in [5, 5.41) is 2.94. The molecule has 0 spiro atoms. The van der Waals surface area contributed by atoms with Gasteiger partial charge in [-0.1, -0.05) is 55.5 Å². The second-order valence-corrected chi connectivity index (χ2v) is 12.9. The van der Waals surface area contributed by atoms with Gasteiger partial charge in [-0.15, -0.1) is 0 Å². The molecule has 0 bridgehead atoms. The Morgan fingerprint density at radius 1 is 0.851 bits per heavy atom. The molecule has 0 aromatic heterocycles. The molecule has 2 amide bonds. The van der Waals surface area contributed by atoms with Crippen molar-refractivity contribution in [2.45, 2.75) is 57.1 Å². The van der Waals surface area contributed by atoms with Gasteiger partial charge in [0.05, 0.1) is 17.2 Å². The summed E-state index contributed by atoms with van der Waals surface area (Å²) in [7, 11) is -4.43. The molecule has 0 unspecified atom stereocenters. The molecule has 11 heteroatoms. The van der Waals surface area contributed by atoms with E-state index in [1.165, 1.54) is 35.2 Å². The van der Waals surface area contributed by atoms with Crippen LogP contribution in [0.15, 0.2) is 108 Å². The maximum atomic E-state index is 15.1. The van der Waals surface area contributed by atoms with Crippen LogP contribution in [0.5, 0.6) is 5.75 Å². The zero-order valence-corrected chi connectivity index (χ0v) is 27.4. The predicted molar refractivity (Wildman–Crippen MR) is 177 cm³/mol. The van der Waals surface area contributed by atoms with Crippen molar-refractivity contribution in [2.75, 3.05) is 17.5 Å². The van der Waals surface area contributed by atoms with Gasteiger partial charge in [0.25, 0.3) is 10.0 Å². The third-order valence-corrected chi connectivity index (χ3v) is 9.47. The van der Waals surface area contributed by atoms with Crippen molar-refractivity contribution in [1.82, 2.24) is 10.2 Å². The van der Waals surface area contributed by atoms with E-state index in [2.05, 4.69) is 5.32 Å². The Hall–Kier alpha value is -4.77. The second kappa shape index (κ2) is 16.2. The average molecular weight is 664 g/mol. The SMILES string of the molecule is CCOc1ccc(N(CC(=O)N(Cc2ccccc2F)[C@H](Cc2ccccc2)C(=O)N[C@@H](C)CC)S(=O)(=O)c2ccc(F)cc2)cc1. The van der Waals surface area contributed by atoms with Crippen LogP contribution in [-0.4, -0.2) is 50.4 Å². The molecule has 47 heavy (non-hydrogen) atoms. The van der Waals surface area contributed by atoms with Crippen LogP contribution in [0.3, 0.4) is 0 Å². The number of ether oxygens (including phenoxy) is 1. The summed E-state index contributed by atoms with van der Waals surface area (Å²) in [6.45, 7) is 4.92. The maximum absolute atomic E-state index is 15.1. The predicted octanol–water partition coefficient (Wildman–Crippen LogP) is 6.11. The van der Waals surface area contributed by atoms with Crippen molar-refractivity contribution in [2.24, 2.45) is 0 Å². The van der Waals surface area contributed by atoms with Gasteiger partial charge in [0.15, 0.2) is 0 Å². The molecule has 4 rings (SSSR count). The fourth-order valence-electron chi connectivity index (χ4n) is 4.94. The van der Waals surface area contributed by atoms with Crippen molar-refractivity contribution >= 4 is 27.5 Å². The minimum Gasteiger partial charge on any atom is -0.494 e.